The van der Waals surface area contributed by atoms with Gasteiger partial charge in [0.25, 0.3) is 5.56 Å². The molecule has 1 rings (SSSR count). The highest BCUT2D eigenvalue weighted by molar-refractivity contribution is 5.85. The molecule has 0 aliphatic heterocycles. The Morgan fingerprint density at radius 3 is 2.71 bits per heavy atom. The zero-order valence-electron chi connectivity index (χ0n) is 8.05. The topological polar surface area (TPSA) is 101 Å². The van der Waals surface area contributed by atoms with Crippen LogP contribution in [0.3, 0.4) is 0 Å². The van der Waals surface area contributed by atoms with Crippen LogP contribution in [0.2, 0.25) is 0 Å². The summed E-state index contributed by atoms with van der Waals surface area (Å²) < 4.78 is 0. The van der Waals surface area contributed by atoms with Gasteiger partial charge >= 0.3 is 6.03 Å². The predicted octanol–water partition coefficient (Wildman–Crippen LogP) is 0.131. The number of aromatic amines is 1. The average Bonchev–Trinajstić information content (AvgIpc) is 2.01. The number of hydrogen-bond acceptors (Lipinski definition) is 3. The number of urea groups is 1. The van der Waals surface area contributed by atoms with Crippen LogP contribution in [0.4, 0.5) is 10.7 Å². The van der Waals surface area contributed by atoms with Gasteiger partial charge in [0.2, 0.25) is 5.95 Å². The Kier molecular flexibility index (Phi) is 2.85. The molecule has 6 heteroatoms. The zero-order chi connectivity index (χ0) is 10.7. The molecule has 0 saturated carbocycles. The molecule has 1 aromatic heterocycles. The number of carbonyl (C=O) groups is 1. The number of carbonyl (C=O) groups excluding carboxylic acids is 1. The number of H-pyrrole nitrogens is 1. The summed E-state index contributed by atoms with van der Waals surface area (Å²) >= 11 is 0. The lowest BCUT2D eigenvalue weighted by molar-refractivity contribution is 0.259. The fourth-order valence-corrected chi connectivity index (χ4v) is 1.20. The van der Waals surface area contributed by atoms with E-state index in [9.17, 15) is 9.59 Å². The highest BCUT2D eigenvalue weighted by Crippen LogP contribution is 2.02. The first-order chi connectivity index (χ1) is 6.54. The summed E-state index contributed by atoms with van der Waals surface area (Å²) in [5, 5.41) is 2.21. The molecule has 0 radical (unpaired) electrons. The number of aromatic nitrogens is 2. The molecule has 6 nitrogen and oxygen atoms in total. The van der Waals surface area contributed by atoms with Crippen LogP contribution in [0.25, 0.3) is 0 Å². The predicted molar refractivity (Wildman–Crippen MR) is 52.2 cm³/mol. The Morgan fingerprint density at radius 2 is 2.29 bits per heavy atom. The minimum absolute atomic E-state index is 0.0807. The molecule has 1 aromatic rings. The summed E-state index contributed by atoms with van der Waals surface area (Å²) in [4.78, 5) is 28.3. The van der Waals surface area contributed by atoms with E-state index in [1.807, 2.05) is 6.92 Å². The molecule has 0 atom stereocenters. The van der Waals surface area contributed by atoms with Crippen molar-refractivity contribution in [3.8, 4) is 0 Å². The number of rotatable bonds is 2. The third-order valence-electron chi connectivity index (χ3n) is 1.82. The van der Waals surface area contributed by atoms with Crippen LogP contribution in [0, 0.1) is 6.92 Å². The van der Waals surface area contributed by atoms with Gasteiger partial charge in [-0.05, 0) is 13.3 Å². The minimum atomic E-state index is -0.753. The molecular formula is C8H12N4O2. The second-order valence-corrected chi connectivity index (χ2v) is 2.82. The van der Waals surface area contributed by atoms with Crippen LogP contribution in [-0.2, 0) is 6.42 Å². The van der Waals surface area contributed by atoms with E-state index < -0.39 is 6.03 Å². The quantitative estimate of drug-likeness (QED) is 0.626. The second-order valence-electron chi connectivity index (χ2n) is 2.82. The molecule has 0 fully saturated rings. The van der Waals surface area contributed by atoms with Crippen molar-refractivity contribution in [1.29, 1.82) is 0 Å². The molecule has 14 heavy (non-hydrogen) atoms. The summed E-state index contributed by atoms with van der Waals surface area (Å²) in [6.45, 7) is 3.57. The molecule has 0 aliphatic rings. The summed E-state index contributed by atoms with van der Waals surface area (Å²) in [5.41, 5.74) is 5.84. The van der Waals surface area contributed by atoms with Gasteiger partial charge < -0.3 is 5.73 Å². The standard InChI is InChI=1S/C8H12N4O2/c1-3-5-4(2)10-8(11-6(5)13)12-7(9)14/h3H2,1-2H3,(H4,9,10,11,12,13,14). The first-order valence-corrected chi connectivity index (χ1v) is 4.20. The van der Waals surface area contributed by atoms with Gasteiger partial charge in [-0.3, -0.25) is 15.1 Å². The van der Waals surface area contributed by atoms with E-state index >= 15 is 0 Å². The van der Waals surface area contributed by atoms with Crippen molar-refractivity contribution >= 4 is 12.0 Å². The van der Waals surface area contributed by atoms with Gasteiger partial charge in [0.05, 0.1) is 0 Å². The summed E-state index contributed by atoms with van der Waals surface area (Å²) in [5.74, 6) is 0.0807. The highest BCUT2D eigenvalue weighted by atomic mass is 16.2. The van der Waals surface area contributed by atoms with Gasteiger partial charge in [-0.2, -0.15) is 0 Å². The molecule has 76 valence electrons. The third kappa shape index (κ3) is 2.09. The SMILES string of the molecule is CCc1c(C)nc(NC(N)=O)[nH]c1=O. The molecule has 1 heterocycles. The van der Waals surface area contributed by atoms with Crippen molar-refractivity contribution in [2.24, 2.45) is 5.73 Å². The fourth-order valence-electron chi connectivity index (χ4n) is 1.20. The summed E-state index contributed by atoms with van der Waals surface area (Å²) in [7, 11) is 0. The number of nitrogens with one attached hydrogen (secondary N) is 2. The molecule has 2 amide bonds. The lowest BCUT2D eigenvalue weighted by Gasteiger charge is -2.04. The van der Waals surface area contributed by atoms with Gasteiger partial charge in [-0.1, -0.05) is 6.92 Å². The first-order valence-electron chi connectivity index (χ1n) is 4.20. The Balaban J connectivity index is 3.14. The van der Waals surface area contributed by atoms with E-state index in [0.29, 0.717) is 17.7 Å². The molecule has 0 spiro atoms. The van der Waals surface area contributed by atoms with E-state index in [2.05, 4.69) is 15.3 Å². The Hall–Kier alpha value is -1.85. The zero-order valence-corrected chi connectivity index (χ0v) is 8.05. The smallest absolute Gasteiger partial charge is 0.318 e. The van der Waals surface area contributed by atoms with Crippen molar-refractivity contribution in [3.05, 3.63) is 21.6 Å². The number of nitrogens with two attached hydrogens (primary N) is 1. The molecule has 0 aliphatic carbocycles. The van der Waals surface area contributed by atoms with Crippen molar-refractivity contribution in [2.75, 3.05) is 5.32 Å². The van der Waals surface area contributed by atoms with Crippen molar-refractivity contribution in [1.82, 2.24) is 9.97 Å². The normalized spacial score (nSPS) is 9.86. The van der Waals surface area contributed by atoms with Gasteiger partial charge in [0, 0.05) is 11.3 Å². The van der Waals surface area contributed by atoms with Crippen LogP contribution in [0.5, 0.6) is 0 Å². The van der Waals surface area contributed by atoms with E-state index in [-0.39, 0.29) is 11.5 Å². The lowest BCUT2D eigenvalue weighted by Crippen LogP contribution is -2.25. The third-order valence-corrected chi connectivity index (χ3v) is 1.82. The van der Waals surface area contributed by atoms with E-state index in [1.165, 1.54) is 0 Å². The van der Waals surface area contributed by atoms with Crippen LogP contribution < -0.4 is 16.6 Å². The fraction of sp³-hybridized carbons (Fsp3) is 0.375. The Labute approximate surface area is 80.5 Å². The molecule has 0 unspecified atom stereocenters. The van der Waals surface area contributed by atoms with E-state index in [1.54, 1.807) is 6.92 Å². The van der Waals surface area contributed by atoms with Crippen molar-refractivity contribution < 1.29 is 4.79 Å². The molecule has 0 aromatic carbocycles. The maximum atomic E-state index is 11.4. The molecular weight excluding hydrogens is 184 g/mol. The largest absolute Gasteiger partial charge is 0.351 e. The number of amides is 2. The van der Waals surface area contributed by atoms with E-state index in [4.69, 9.17) is 5.73 Å². The number of hydrogen-bond donors (Lipinski definition) is 3. The van der Waals surface area contributed by atoms with Gasteiger partial charge in [-0.15, -0.1) is 0 Å². The Bertz CT molecular complexity index is 410. The van der Waals surface area contributed by atoms with Gasteiger partial charge in [0.15, 0.2) is 0 Å². The lowest BCUT2D eigenvalue weighted by atomic mass is 10.2. The van der Waals surface area contributed by atoms with Crippen LogP contribution in [0.15, 0.2) is 4.79 Å². The minimum Gasteiger partial charge on any atom is -0.351 e. The number of aryl methyl sites for hydroxylation is 1. The van der Waals surface area contributed by atoms with Crippen LogP contribution in [0.1, 0.15) is 18.2 Å². The summed E-state index contributed by atoms with van der Waals surface area (Å²) in [6.07, 6.45) is 0.602. The monoisotopic (exact) mass is 196 g/mol. The number of anilines is 1. The number of primary amides is 1. The second kappa shape index (κ2) is 3.91. The van der Waals surface area contributed by atoms with Crippen molar-refractivity contribution in [3.63, 3.8) is 0 Å². The first kappa shape index (κ1) is 10.2. The van der Waals surface area contributed by atoms with Gasteiger partial charge in [-0.25, -0.2) is 9.78 Å². The summed E-state index contributed by atoms with van der Waals surface area (Å²) in [6, 6.07) is -0.753. The average molecular weight is 196 g/mol. The van der Waals surface area contributed by atoms with E-state index in [0.717, 1.165) is 0 Å². The maximum absolute atomic E-state index is 11.4. The Morgan fingerprint density at radius 1 is 1.64 bits per heavy atom. The van der Waals surface area contributed by atoms with Crippen molar-refractivity contribution in [2.45, 2.75) is 20.3 Å². The molecule has 4 N–H and O–H groups in total. The number of nitrogens with zero attached hydrogens (tertiary/aromatic N) is 1. The van der Waals surface area contributed by atoms with Crippen LogP contribution >= 0.6 is 0 Å². The highest BCUT2D eigenvalue weighted by Gasteiger charge is 2.06. The molecule has 0 saturated heterocycles. The van der Waals surface area contributed by atoms with Gasteiger partial charge in [0.1, 0.15) is 0 Å². The molecule has 0 bridgehead atoms. The maximum Gasteiger partial charge on any atom is 0.318 e. The van der Waals surface area contributed by atoms with Crippen LogP contribution in [-0.4, -0.2) is 16.0 Å².